The molecule has 18 heavy (non-hydrogen) atoms. The number of carbonyl (C=O) groups excluding carboxylic acids is 1. The Morgan fingerprint density at radius 2 is 2.44 bits per heavy atom. The number of H-pyrrole nitrogens is 2. The van der Waals surface area contributed by atoms with Gasteiger partial charge in [0.2, 0.25) is 0 Å². The Morgan fingerprint density at radius 1 is 1.56 bits per heavy atom. The summed E-state index contributed by atoms with van der Waals surface area (Å²) in [5.41, 5.74) is 2.47. The van der Waals surface area contributed by atoms with Gasteiger partial charge in [0.25, 0.3) is 0 Å². The maximum absolute atomic E-state index is 11.0. The summed E-state index contributed by atoms with van der Waals surface area (Å²) in [7, 11) is 1.32. The van der Waals surface area contributed by atoms with Gasteiger partial charge in [0.1, 0.15) is 17.0 Å². The monoisotopic (exact) mass is 245 g/mol. The summed E-state index contributed by atoms with van der Waals surface area (Å²) in [4.78, 5) is 25.8. The summed E-state index contributed by atoms with van der Waals surface area (Å²) in [6.45, 7) is 0.285. The van der Waals surface area contributed by atoms with Crippen LogP contribution < -0.4 is 5.32 Å². The second kappa shape index (κ2) is 4.02. The van der Waals surface area contributed by atoms with Crippen LogP contribution in [0.1, 0.15) is 5.82 Å². The number of ether oxygens (including phenoxy) is 1. The Morgan fingerprint density at radius 3 is 3.28 bits per heavy atom. The van der Waals surface area contributed by atoms with Crippen LogP contribution in [-0.4, -0.2) is 33.1 Å². The van der Waals surface area contributed by atoms with Gasteiger partial charge in [-0.25, -0.2) is 14.8 Å². The van der Waals surface area contributed by atoms with E-state index in [2.05, 4.69) is 30.0 Å². The highest BCUT2D eigenvalue weighted by Crippen LogP contribution is 2.20. The number of aromatic amines is 2. The van der Waals surface area contributed by atoms with Crippen LogP contribution >= 0.6 is 0 Å². The summed E-state index contributed by atoms with van der Waals surface area (Å²) in [5, 5.41) is 3.52. The minimum Gasteiger partial charge on any atom is -0.453 e. The standard InChI is InChI=1S/C11H11N5O2/c1-18-11(17)14-5-8-15-7-4-13-10-6(2-3-12-10)9(7)16-8/h2-4H,5H2,1H3,(H,12,13)(H,14,17)(H,15,16). The normalized spacial score (nSPS) is 10.9. The number of rotatable bonds is 2. The van der Waals surface area contributed by atoms with Crippen molar-refractivity contribution in [2.45, 2.75) is 6.54 Å². The molecule has 7 nitrogen and oxygen atoms in total. The van der Waals surface area contributed by atoms with E-state index in [9.17, 15) is 4.79 Å². The summed E-state index contributed by atoms with van der Waals surface area (Å²) in [6.07, 6.45) is 3.04. The van der Waals surface area contributed by atoms with Crippen molar-refractivity contribution in [3.63, 3.8) is 0 Å². The Labute approximate surface area is 102 Å². The lowest BCUT2D eigenvalue weighted by Gasteiger charge is -1.99. The molecule has 92 valence electrons. The van der Waals surface area contributed by atoms with Crippen molar-refractivity contribution in [2.24, 2.45) is 0 Å². The van der Waals surface area contributed by atoms with E-state index in [1.165, 1.54) is 7.11 Å². The van der Waals surface area contributed by atoms with Crippen LogP contribution in [0.2, 0.25) is 0 Å². The molecule has 0 aromatic carbocycles. The van der Waals surface area contributed by atoms with Crippen LogP contribution in [0.15, 0.2) is 18.5 Å². The predicted molar refractivity (Wildman–Crippen MR) is 65.0 cm³/mol. The molecule has 0 saturated carbocycles. The van der Waals surface area contributed by atoms with Crippen LogP contribution in [0.5, 0.6) is 0 Å². The first-order valence-electron chi connectivity index (χ1n) is 5.40. The van der Waals surface area contributed by atoms with Gasteiger partial charge in [-0.05, 0) is 6.07 Å². The van der Waals surface area contributed by atoms with Gasteiger partial charge in [-0.1, -0.05) is 0 Å². The van der Waals surface area contributed by atoms with Gasteiger partial charge < -0.3 is 20.0 Å². The lowest BCUT2D eigenvalue weighted by atomic mass is 10.3. The highest BCUT2D eigenvalue weighted by Gasteiger charge is 2.09. The Kier molecular flexibility index (Phi) is 2.36. The summed E-state index contributed by atoms with van der Waals surface area (Å²) >= 11 is 0. The molecular formula is C11H11N5O2. The third kappa shape index (κ3) is 1.65. The highest BCUT2D eigenvalue weighted by atomic mass is 16.5. The minimum absolute atomic E-state index is 0.285. The van der Waals surface area contributed by atoms with Gasteiger partial charge in [0.05, 0.1) is 25.4 Å². The number of hydrogen-bond donors (Lipinski definition) is 3. The zero-order chi connectivity index (χ0) is 12.5. The molecule has 7 heteroatoms. The number of aromatic nitrogens is 4. The fraction of sp³-hybridized carbons (Fsp3) is 0.182. The van der Waals surface area contributed by atoms with Gasteiger partial charge in [-0.15, -0.1) is 0 Å². The Bertz CT molecular complexity index is 714. The number of alkyl carbamates (subject to hydrolysis) is 1. The molecule has 0 atom stereocenters. The zero-order valence-corrected chi connectivity index (χ0v) is 9.65. The molecular weight excluding hydrogens is 234 g/mol. The van der Waals surface area contributed by atoms with E-state index in [-0.39, 0.29) is 6.54 Å². The average Bonchev–Trinajstić information content (AvgIpc) is 3.00. The average molecular weight is 245 g/mol. The fourth-order valence-electron chi connectivity index (χ4n) is 1.84. The van der Waals surface area contributed by atoms with Crippen molar-refractivity contribution in [2.75, 3.05) is 7.11 Å². The zero-order valence-electron chi connectivity index (χ0n) is 9.65. The lowest BCUT2D eigenvalue weighted by molar-refractivity contribution is 0.170. The van der Waals surface area contributed by atoms with Crippen molar-refractivity contribution in [3.8, 4) is 0 Å². The quantitative estimate of drug-likeness (QED) is 0.634. The molecule has 0 saturated heterocycles. The van der Waals surface area contributed by atoms with Crippen LogP contribution in [0.4, 0.5) is 4.79 Å². The molecule has 0 radical (unpaired) electrons. The molecule has 0 unspecified atom stereocenters. The number of amides is 1. The van der Waals surface area contributed by atoms with Gasteiger partial charge >= 0.3 is 6.09 Å². The maximum Gasteiger partial charge on any atom is 0.407 e. The second-order valence-electron chi connectivity index (χ2n) is 3.79. The van der Waals surface area contributed by atoms with Crippen molar-refractivity contribution < 1.29 is 9.53 Å². The second-order valence-corrected chi connectivity index (χ2v) is 3.79. The van der Waals surface area contributed by atoms with Crippen LogP contribution in [0.25, 0.3) is 22.1 Å². The molecule has 1 amide bonds. The van der Waals surface area contributed by atoms with Crippen molar-refractivity contribution in [1.82, 2.24) is 25.3 Å². The number of hydrogen-bond acceptors (Lipinski definition) is 4. The molecule has 3 N–H and O–H groups in total. The Balaban J connectivity index is 1.97. The summed E-state index contributed by atoms with van der Waals surface area (Å²) < 4.78 is 4.49. The fourth-order valence-corrected chi connectivity index (χ4v) is 1.84. The molecule has 3 aromatic rings. The smallest absolute Gasteiger partial charge is 0.407 e. The van der Waals surface area contributed by atoms with Crippen molar-refractivity contribution in [1.29, 1.82) is 0 Å². The third-order valence-electron chi connectivity index (χ3n) is 2.67. The first-order chi connectivity index (χ1) is 8.78. The van der Waals surface area contributed by atoms with Crippen molar-refractivity contribution >= 4 is 28.2 Å². The maximum atomic E-state index is 11.0. The molecule has 3 heterocycles. The molecule has 0 aliphatic rings. The van der Waals surface area contributed by atoms with Gasteiger partial charge in [0.15, 0.2) is 0 Å². The summed E-state index contributed by atoms with van der Waals surface area (Å²) in [6, 6.07) is 1.92. The SMILES string of the molecule is COC(=O)NCc1nc2c(cnc3[nH]ccc32)[nH]1. The molecule has 0 aliphatic carbocycles. The number of methoxy groups -OCH3 is 1. The first kappa shape index (κ1) is 10.6. The van der Waals surface area contributed by atoms with Gasteiger partial charge in [-0.2, -0.15) is 0 Å². The first-order valence-corrected chi connectivity index (χ1v) is 5.40. The number of carbonyl (C=O) groups is 1. The van der Waals surface area contributed by atoms with E-state index in [1.807, 2.05) is 12.3 Å². The highest BCUT2D eigenvalue weighted by molar-refractivity contribution is 6.00. The molecule has 0 aliphatic heterocycles. The molecule has 0 fully saturated rings. The van der Waals surface area contributed by atoms with Crippen molar-refractivity contribution in [3.05, 3.63) is 24.3 Å². The molecule has 0 spiro atoms. The molecule has 3 rings (SSSR count). The van der Waals surface area contributed by atoms with Crippen LogP contribution in [0.3, 0.4) is 0 Å². The van der Waals surface area contributed by atoms with E-state index < -0.39 is 6.09 Å². The number of nitrogens with one attached hydrogen (secondary N) is 3. The van der Waals surface area contributed by atoms with Crippen LogP contribution in [-0.2, 0) is 11.3 Å². The summed E-state index contributed by atoms with van der Waals surface area (Å²) in [5.74, 6) is 0.658. The van der Waals surface area contributed by atoms with Crippen LogP contribution in [0, 0.1) is 0 Å². The largest absolute Gasteiger partial charge is 0.453 e. The van der Waals surface area contributed by atoms with E-state index >= 15 is 0 Å². The molecule has 3 aromatic heterocycles. The third-order valence-corrected chi connectivity index (χ3v) is 2.67. The Hall–Kier alpha value is -2.57. The number of nitrogens with zero attached hydrogens (tertiary/aromatic N) is 2. The predicted octanol–water partition coefficient (Wildman–Crippen LogP) is 1.30. The number of pyridine rings is 1. The van der Waals surface area contributed by atoms with E-state index in [1.54, 1.807) is 6.20 Å². The van der Waals surface area contributed by atoms with E-state index in [0.29, 0.717) is 5.82 Å². The minimum atomic E-state index is -0.486. The van der Waals surface area contributed by atoms with Gasteiger partial charge in [0, 0.05) is 11.6 Å². The van der Waals surface area contributed by atoms with E-state index in [0.717, 1.165) is 22.1 Å². The number of imidazole rings is 1. The van der Waals surface area contributed by atoms with Gasteiger partial charge in [-0.3, -0.25) is 0 Å². The van der Waals surface area contributed by atoms with E-state index in [4.69, 9.17) is 0 Å². The topological polar surface area (TPSA) is 95.7 Å². The molecule has 0 bridgehead atoms. The number of fused-ring (bicyclic) bond motifs is 3. The lowest BCUT2D eigenvalue weighted by Crippen LogP contribution is -2.22.